The van der Waals surface area contributed by atoms with Crippen LogP contribution < -0.4 is 15.0 Å². The van der Waals surface area contributed by atoms with Crippen LogP contribution in [0.25, 0.3) is 0 Å². The monoisotopic (exact) mass is 368 g/mol. The van der Waals surface area contributed by atoms with Gasteiger partial charge >= 0.3 is 5.97 Å². The van der Waals surface area contributed by atoms with Gasteiger partial charge in [-0.1, -0.05) is 30.3 Å². The first-order valence-electron chi connectivity index (χ1n) is 8.61. The van der Waals surface area contributed by atoms with Crippen molar-refractivity contribution in [2.75, 3.05) is 18.1 Å². The molecule has 2 aromatic carbocycles. The molecular weight excluding hydrogens is 348 g/mol. The van der Waals surface area contributed by atoms with Crippen LogP contribution in [0.3, 0.4) is 0 Å². The zero-order valence-electron chi connectivity index (χ0n) is 14.7. The van der Waals surface area contributed by atoms with Crippen molar-refractivity contribution in [2.45, 2.75) is 19.4 Å². The number of aliphatic carboxylic acids is 1. The number of carboxylic acid groups (broad SMARTS) is 1. The zero-order valence-corrected chi connectivity index (χ0v) is 14.7. The van der Waals surface area contributed by atoms with Gasteiger partial charge in [0.05, 0.1) is 0 Å². The van der Waals surface area contributed by atoms with Gasteiger partial charge in [0.2, 0.25) is 11.8 Å². The Bertz CT molecular complexity index is 865. The second kappa shape index (κ2) is 8.35. The van der Waals surface area contributed by atoms with Gasteiger partial charge in [0.25, 0.3) is 0 Å². The zero-order chi connectivity index (χ0) is 19.2. The molecule has 7 heteroatoms. The lowest BCUT2D eigenvalue weighted by atomic mass is 10.0. The number of ether oxygens (including phenoxy) is 1. The van der Waals surface area contributed by atoms with Gasteiger partial charge in [0.15, 0.2) is 6.61 Å². The molecule has 0 aromatic heterocycles. The van der Waals surface area contributed by atoms with Crippen LogP contribution in [0.15, 0.2) is 48.5 Å². The summed E-state index contributed by atoms with van der Waals surface area (Å²) in [7, 11) is 0. The molecule has 27 heavy (non-hydrogen) atoms. The van der Waals surface area contributed by atoms with Crippen LogP contribution in [0.2, 0.25) is 0 Å². The lowest BCUT2D eigenvalue weighted by Gasteiger charge is -2.28. The summed E-state index contributed by atoms with van der Waals surface area (Å²) in [6, 6.07) is 14.4. The number of carbonyl (C=O) groups is 3. The summed E-state index contributed by atoms with van der Waals surface area (Å²) in [6.07, 6.45) is 1.09. The fourth-order valence-electron chi connectivity index (χ4n) is 2.96. The number of aryl methyl sites for hydroxylation is 1. The van der Waals surface area contributed by atoms with Crippen molar-refractivity contribution in [1.82, 2.24) is 5.32 Å². The summed E-state index contributed by atoms with van der Waals surface area (Å²) >= 11 is 0. The number of benzene rings is 2. The van der Waals surface area contributed by atoms with Crippen molar-refractivity contribution in [3.63, 3.8) is 0 Å². The normalized spacial score (nSPS) is 13.0. The second-order valence-electron chi connectivity index (χ2n) is 6.22. The molecule has 0 saturated carbocycles. The standard InChI is InChI=1S/C20H20N2O5/c23-18(12-22-17-7-2-1-5-15(17)8-9-19(22)24)21-11-14-4-3-6-16(10-14)27-13-20(25)26/h1-7,10H,8-9,11-13H2,(H,21,23)(H,25,26). The molecule has 0 saturated heterocycles. The van der Waals surface area contributed by atoms with E-state index in [0.717, 1.165) is 16.8 Å². The van der Waals surface area contributed by atoms with Crippen LogP contribution in [0.4, 0.5) is 5.69 Å². The lowest BCUT2D eigenvalue weighted by Crippen LogP contribution is -2.42. The number of hydrogen-bond acceptors (Lipinski definition) is 4. The predicted octanol–water partition coefficient (Wildman–Crippen LogP) is 1.75. The van der Waals surface area contributed by atoms with E-state index in [1.165, 1.54) is 4.90 Å². The minimum atomic E-state index is -1.06. The maximum absolute atomic E-state index is 12.3. The highest BCUT2D eigenvalue weighted by atomic mass is 16.5. The molecule has 1 aliphatic heterocycles. The number of amides is 2. The smallest absolute Gasteiger partial charge is 0.341 e. The van der Waals surface area contributed by atoms with Gasteiger partial charge in [-0.2, -0.15) is 0 Å². The number of anilines is 1. The maximum Gasteiger partial charge on any atom is 0.341 e. The van der Waals surface area contributed by atoms with E-state index in [-0.39, 0.29) is 24.9 Å². The van der Waals surface area contributed by atoms with Gasteiger partial charge in [-0.05, 0) is 35.7 Å². The molecule has 2 N–H and O–H groups in total. The Labute approximate surface area is 156 Å². The number of rotatable bonds is 7. The fraction of sp³-hybridized carbons (Fsp3) is 0.250. The van der Waals surface area contributed by atoms with Crippen LogP contribution in [0.1, 0.15) is 17.5 Å². The molecule has 3 rings (SSSR count). The molecule has 0 fully saturated rings. The molecule has 0 spiro atoms. The molecule has 0 bridgehead atoms. The van der Waals surface area contributed by atoms with Gasteiger partial charge in [-0.15, -0.1) is 0 Å². The van der Waals surface area contributed by atoms with E-state index >= 15 is 0 Å². The molecule has 1 aliphatic rings. The Hall–Kier alpha value is -3.35. The van der Waals surface area contributed by atoms with Gasteiger partial charge in [0.1, 0.15) is 12.3 Å². The van der Waals surface area contributed by atoms with E-state index in [4.69, 9.17) is 9.84 Å². The number of para-hydroxylation sites is 1. The summed E-state index contributed by atoms with van der Waals surface area (Å²) in [6.45, 7) is -0.204. The molecule has 1 heterocycles. The van der Waals surface area contributed by atoms with Crippen LogP contribution in [-0.2, 0) is 27.3 Å². The Kier molecular flexibility index (Phi) is 5.71. The molecule has 140 valence electrons. The van der Waals surface area contributed by atoms with E-state index < -0.39 is 12.6 Å². The number of carboxylic acids is 1. The van der Waals surface area contributed by atoms with Gasteiger partial charge < -0.3 is 20.1 Å². The number of nitrogens with one attached hydrogen (secondary N) is 1. The van der Waals surface area contributed by atoms with Gasteiger partial charge in [-0.3, -0.25) is 9.59 Å². The van der Waals surface area contributed by atoms with Crippen molar-refractivity contribution in [3.05, 3.63) is 59.7 Å². The molecule has 0 atom stereocenters. The van der Waals surface area contributed by atoms with Gasteiger partial charge in [-0.25, -0.2) is 4.79 Å². The number of carbonyl (C=O) groups excluding carboxylic acids is 2. The summed E-state index contributed by atoms with van der Waals surface area (Å²) in [5, 5.41) is 11.4. The Balaban J connectivity index is 1.58. The van der Waals surface area contributed by atoms with E-state index in [9.17, 15) is 14.4 Å². The Morgan fingerprint density at radius 2 is 1.93 bits per heavy atom. The summed E-state index contributed by atoms with van der Waals surface area (Å²) in [4.78, 5) is 36.6. The lowest BCUT2D eigenvalue weighted by molar-refractivity contribution is -0.139. The van der Waals surface area contributed by atoms with Gasteiger partial charge in [0, 0.05) is 18.7 Å². The number of hydrogen-bond donors (Lipinski definition) is 2. The van der Waals surface area contributed by atoms with Crippen molar-refractivity contribution >= 4 is 23.5 Å². The highest BCUT2D eigenvalue weighted by molar-refractivity contribution is 6.00. The Morgan fingerprint density at radius 3 is 2.74 bits per heavy atom. The van der Waals surface area contributed by atoms with E-state index in [1.54, 1.807) is 24.3 Å². The van der Waals surface area contributed by atoms with Crippen molar-refractivity contribution in [1.29, 1.82) is 0 Å². The van der Waals surface area contributed by atoms with E-state index in [2.05, 4.69) is 5.32 Å². The molecule has 0 aliphatic carbocycles. The van der Waals surface area contributed by atoms with Crippen molar-refractivity contribution in [2.24, 2.45) is 0 Å². The fourth-order valence-corrected chi connectivity index (χ4v) is 2.96. The van der Waals surface area contributed by atoms with Crippen molar-refractivity contribution in [3.8, 4) is 5.75 Å². The summed E-state index contributed by atoms with van der Waals surface area (Å²) in [5.41, 5.74) is 2.62. The predicted molar refractivity (Wildman–Crippen MR) is 98.5 cm³/mol. The number of fused-ring (bicyclic) bond motifs is 1. The molecule has 2 amide bonds. The first-order valence-corrected chi connectivity index (χ1v) is 8.61. The molecular formula is C20H20N2O5. The molecule has 7 nitrogen and oxygen atoms in total. The first kappa shape index (κ1) is 18.4. The third kappa shape index (κ3) is 4.84. The molecule has 0 unspecified atom stereocenters. The summed E-state index contributed by atoms with van der Waals surface area (Å²) < 4.78 is 5.12. The minimum absolute atomic E-state index is 0.0367. The minimum Gasteiger partial charge on any atom is -0.482 e. The maximum atomic E-state index is 12.3. The average Bonchev–Trinajstić information content (AvgIpc) is 2.67. The van der Waals surface area contributed by atoms with Crippen LogP contribution in [0, 0.1) is 0 Å². The van der Waals surface area contributed by atoms with Crippen molar-refractivity contribution < 1.29 is 24.2 Å². The highest BCUT2D eigenvalue weighted by Crippen LogP contribution is 2.27. The third-order valence-electron chi connectivity index (χ3n) is 4.24. The molecule has 0 radical (unpaired) electrons. The van der Waals surface area contributed by atoms with Crippen LogP contribution in [0.5, 0.6) is 5.75 Å². The average molecular weight is 368 g/mol. The topological polar surface area (TPSA) is 95.9 Å². The highest BCUT2D eigenvalue weighted by Gasteiger charge is 2.25. The summed E-state index contributed by atoms with van der Waals surface area (Å²) in [5.74, 6) is -0.964. The van der Waals surface area contributed by atoms with E-state index in [1.807, 2.05) is 24.3 Å². The first-order chi connectivity index (χ1) is 13.0. The third-order valence-corrected chi connectivity index (χ3v) is 4.24. The Morgan fingerprint density at radius 1 is 1.11 bits per heavy atom. The quantitative estimate of drug-likeness (QED) is 0.776. The van der Waals surface area contributed by atoms with Crippen LogP contribution >= 0.6 is 0 Å². The molecule has 2 aromatic rings. The van der Waals surface area contributed by atoms with E-state index in [0.29, 0.717) is 18.6 Å². The second-order valence-corrected chi connectivity index (χ2v) is 6.22. The number of nitrogens with zero attached hydrogens (tertiary/aromatic N) is 1. The van der Waals surface area contributed by atoms with Crippen LogP contribution in [-0.4, -0.2) is 36.0 Å². The SMILES string of the molecule is O=C(O)COc1cccc(CNC(=O)CN2C(=O)CCc3ccccc32)c1. The largest absolute Gasteiger partial charge is 0.482 e.